The van der Waals surface area contributed by atoms with Crippen LogP contribution in [0.4, 0.5) is 8.78 Å². The summed E-state index contributed by atoms with van der Waals surface area (Å²) in [6, 6.07) is 10.5. The van der Waals surface area contributed by atoms with Crippen LogP contribution in [0.1, 0.15) is 33.1 Å². The second kappa shape index (κ2) is 10.8. The van der Waals surface area contributed by atoms with E-state index in [1.54, 1.807) is 31.2 Å². The topological polar surface area (TPSA) is 79.7 Å². The number of carboxylic acids is 1. The number of aliphatic carboxylic acids is 1. The van der Waals surface area contributed by atoms with Gasteiger partial charge in [0.15, 0.2) is 6.10 Å². The molecule has 0 saturated carbocycles. The highest BCUT2D eigenvalue weighted by Gasteiger charge is 2.23. The quantitative estimate of drug-likeness (QED) is 0.594. The van der Waals surface area contributed by atoms with Gasteiger partial charge in [-0.25, -0.2) is 8.78 Å². The molecule has 1 unspecified atom stereocenters. The molecule has 1 aromatic heterocycles. The lowest BCUT2D eigenvalue weighted by Crippen LogP contribution is -2.43. The summed E-state index contributed by atoms with van der Waals surface area (Å²) in [6.45, 7) is 4.35. The Morgan fingerprint density at radius 2 is 1.70 bits per heavy atom. The standard InChI is InChI=1S/C23H22F2N2O2.C2H4O2/c1-15(23(28)27-12-3-2-4-13-27)29-16-8-9-17-18(10-11-26-21(17)14-16)22-19(24)6-5-7-20(22)25;1-2(3)4/h5-11,14-15H,2-4,12-13H2,1H3;1H3,(H,3,4). The zero-order valence-electron chi connectivity index (χ0n) is 18.6. The Morgan fingerprint density at radius 3 is 2.33 bits per heavy atom. The number of halogens is 2. The fourth-order valence-electron chi connectivity index (χ4n) is 3.80. The third-order valence-corrected chi connectivity index (χ3v) is 5.27. The van der Waals surface area contributed by atoms with Gasteiger partial charge < -0.3 is 14.7 Å². The van der Waals surface area contributed by atoms with Gasteiger partial charge in [-0.2, -0.15) is 0 Å². The number of amides is 1. The van der Waals surface area contributed by atoms with Crippen LogP contribution < -0.4 is 4.74 Å². The number of hydrogen-bond donors (Lipinski definition) is 1. The third kappa shape index (κ3) is 6.03. The Hall–Kier alpha value is -3.55. The highest BCUT2D eigenvalue weighted by Crippen LogP contribution is 2.33. The largest absolute Gasteiger partial charge is 0.481 e. The number of rotatable bonds is 4. The first-order valence-electron chi connectivity index (χ1n) is 10.8. The van der Waals surface area contributed by atoms with Crippen molar-refractivity contribution in [3.05, 3.63) is 60.3 Å². The van der Waals surface area contributed by atoms with Crippen molar-refractivity contribution in [1.82, 2.24) is 9.88 Å². The molecular formula is C25H26F2N2O4. The van der Waals surface area contributed by atoms with E-state index in [0.717, 1.165) is 39.3 Å². The van der Waals surface area contributed by atoms with Crippen molar-refractivity contribution < 1.29 is 28.2 Å². The molecule has 2 heterocycles. The van der Waals surface area contributed by atoms with Gasteiger partial charge in [-0.05, 0) is 62.1 Å². The molecular weight excluding hydrogens is 430 g/mol. The molecule has 33 heavy (non-hydrogen) atoms. The van der Waals surface area contributed by atoms with Crippen LogP contribution in [0.3, 0.4) is 0 Å². The molecule has 0 aliphatic carbocycles. The second-order valence-corrected chi connectivity index (χ2v) is 7.80. The number of likely N-dealkylation sites (tertiary alicyclic amines) is 1. The average molecular weight is 456 g/mol. The molecule has 1 fully saturated rings. The monoisotopic (exact) mass is 456 g/mol. The number of pyridine rings is 1. The Labute approximate surface area is 190 Å². The van der Waals surface area contributed by atoms with E-state index in [-0.39, 0.29) is 11.5 Å². The van der Waals surface area contributed by atoms with Crippen LogP contribution in [-0.2, 0) is 9.59 Å². The van der Waals surface area contributed by atoms with Crippen molar-refractivity contribution in [2.75, 3.05) is 13.1 Å². The van der Waals surface area contributed by atoms with Crippen molar-refractivity contribution in [2.45, 2.75) is 39.2 Å². The molecule has 0 spiro atoms. The van der Waals surface area contributed by atoms with Crippen molar-refractivity contribution in [1.29, 1.82) is 0 Å². The maximum Gasteiger partial charge on any atom is 0.300 e. The number of hydrogen-bond acceptors (Lipinski definition) is 4. The Bertz CT molecular complexity index is 1120. The summed E-state index contributed by atoms with van der Waals surface area (Å²) in [5, 5.41) is 8.03. The fraction of sp³-hybridized carbons (Fsp3) is 0.320. The van der Waals surface area contributed by atoms with Crippen LogP contribution in [0.2, 0.25) is 0 Å². The number of nitrogens with zero attached hydrogens (tertiary/aromatic N) is 2. The van der Waals surface area contributed by atoms with Gasteiger partial charge in [0.2, 0.25) is 0 Å². The smallest absolute Gasteiger partial charge is 0.300 e. The van der Waals surface area contributed by atoms with Gasteiger partial charge in [0, 0.05) is 37.7 Å². The van der Waals surface area contributed by atoms with E-state index in [1.165, 1.54) is 24.4 Å². The number of carbonyl (C=O) groups excluding carboxylic acids is 1. The lowest BCUT2D eigenvalue weighted by atomic mass is 10.0. The predicted octanol–water partition coefficient (Wildman–Crippen LogP) is 5.05. The number of fused-ring (bicyclic) bond motifs is 1. The van der Waals surface area contributed by atoms with Crippen LogP contribution in [0.15, 0.2) is 48.7 Å². The summed E-state index contributed by atoms with van der Waals surface area (Å²) in [7, 11) is 0. The molecule has 1 saturated heterocycles. The van der Waals surface area contributed by atoms with Gasteiger partial charge in [0.1, 0.15) is 17.4 Å². The van der Waals surface area contributed by atoms with Gasteiger partial charge in [0.05, 0.1) is 11.1 Å². The van der Waals surface area contributed by atoms with Gasteiger partial charge >= 0.3 is 0 Å². The molecule has 1 aliphatic rings. The van der Waals surface area contributed by atoms with Crippen molar-refractivity contribution in [3.63, 3.8) is 0 Å². The number of piperidine rings is 1. The summed E-state index contributed by atoms with van der Waals surface area (Å²) >= 11 is 0. The molecule has 1 aliphatic heterocycles. The summed E-state index contributed by atoms with van der Waals surface area (Å²) in [5.74, 6) is -1.62. The zero-order chi connectivity index (χ0) is 24.0. The van der Waals surface area contributed by atoms with E-state index in [0.29, 0.717) is 22.2 Å². The average Bonchev–Trinajstić information content (AvgIpc) is 2.78. The summed E-state index contributed by atoms with van der Waals surface area (Å²) in [5.41, 5.74) is 0.886. The first-order chi connectivity index (χ1) is 15.8. The first-order valence-corrected chi connectivity index (χ1v) is 10.8. The minimum Gasteiger partial charge on any atom is -0.481 e. The molecule has 1 atom stereocenters. The maximum atomic E-state index is 14.3. The molecule has 1 amide bonds. The minimum absolute atomic E-state index is 0.0278. The van der Waals surface area contributed by atoms with Crippen LogP contribution in [0, 0.1) is 11.6 Å². The molecule has 2 aromatic carbocycles. The van der Waals surface area contributed by atoms with E-state index in [1.807, 2.05) is 4.90 Å². The van der Waals surface area contributed by atoms with Crippen LogP contribution in [0.5, 0.6) is 5.75 Å². The molecule has 1 N–H and O–H groups in total. The van der Waals surface area contributed by atoms with Crippen molar-refractivity contribution in [3.8, 4) is 16.9 Å². The van der Waals surface area contributed by atoms with Crippen molar-refractivity contribution >= 4 is 22.8 Å². The lowest BCUT2D eigenvalue weighted by Gasteiger charge is -2.29. The molecule has 4 rings (SSSR count). The summed E-state index contributed by atoms with van der Waals surface area (Å²) < 4.78 is 34.4. The number of aromatic nitrogens is 1. The minimum atomic E-state index is -0.833. The van der Waals surface area contributed by atoms with Gasteiger partial charge in [-0.1, -0.05) is 6.07 Å². The van der Waals surface area contributed by atoms with E-state index in [9.17, 15) is 13.6 Å². The van der Waals surface area contributed by atoms with Gasteiger partial charge in [0.25, 0.3) is 11.9 Å². The fourth-order valence-corrected chi connectivity index (χ4v) is 3.80. The maximum absolute atomic E-state index is 14.3. The summed E-state index contributed by atoms with van der Waals surface area (Å²) in [6.07, 6.45) is 4.09. The Morgan fingerprint density at radius 1 is 1.06 bits per heavy atom. The third-order valence-electron chi connectivity index (χ3n) is 5.27. The van der Waals surface area contributed by atoms with E-state index in [2.05, 4.69) is 4.98 Å². The number of carboxylic acid groups (broad SMARTS) is 1. The van der Waals surface area contributed by atoms with Crippen LogP contribution >= 0.6 is 0 Å². The first kappa shape index (κ1) is 24.1. The Kier molecular flexibility index (Phi) is 7.92. The van der Waals surface area contributed by atoms with Crippen LogP contribution in [-0.4, -0.2) is 46.1 Å². The normalized spacial score (nSPS) is 14.2. The van der Waals surface area contributed by atoms with Crippen molar-refractivity contribution in [2.24, 2.45) is 0 Å². The van der Waals surface area contributed by atoms with Gasteiger partial charge in [-0.3, -0.25) is 14.6 Å². The molecule has 3 aromatic rings. The SMILES string of the molecule is CC(=O)O.CC(Oc1ccc2c(-c3c(F)cccc3F)ccnc2c1)C(=O)N1CCCCC1. The second-order valence-electron chi connectivity index (χ2n) is 7.80. The number of benzene rings is 2. The van der Waals surface area contributed by atoms with E-state index >= 15 is 0 Å². The highest BCUT2D eigenvalue weighted by molar-refractivity contribution is 5.95. The molecule has 0 radical (unpaired) electrons. The predicted molar refractivity (Wildman–Crippen MR) is 121 cm³/mol. The Balaban J connectivity index is 0.000000709. The zero-order valence-corrected chi connectivity index (χ0v) is 18.6. The molecule has 174 valence electrons. The van der Waals surface area contributed by atoms with Crippen LogP contribution in [0.25, 0.3) is 22.0 Å². The lowest BCUT2D eigenvalue weighted by molar-refractivity contribution is -0.139. The molecule has 0 bridgehead atoms. The highest BCUT2D eigenvalue weighted by atomic mass is 19.1. The van der Waals surface area contributed by atoms with E-state index < -0.39 is 23.7 Å². The van der Waals surface area contributed by atoms with E-state index in [4.69, 9.17) is 14.6 Å². The number of carbonyl (C=O) groups is 2. The molecule has 6 nitrogen and oxygen atoms in total. The molecule has 8 heteroatoms. The number of ether oxygens (including phenoxy) is 1. The van der Waals surface area contributed by atoms with Gasteiger partial charge in [-0.15, -0.1) is 0 Å². The summed E-state index contributed by atoms with van der Waals surface area (Å²) in [4.78, 5) is 27.7.